The van der Waals surface area contributed by atoms with Crippen LogP contribution >= 0.6 is 0 Å². The van der Waals surface area contributed by atoms with Crippen LogP contribution in [0, 0.1) is 10.1 Å². The molecule has 7 nitrogen and oxygen atoms in total. The van der Waals surface area contributed by atoms with Gasteiger partial charge in [0.2, 0.25) is 0 Å². The number of benzene rings is 1. The van der Waals surface area contributed by atoms with Gasteiger partial charge in [0.15, 0.2) is 0 Å². The first-order chi connectivity index (χ1) is 9.12. The molecular formula is C12H15N3O4. The Morgan fingerprint density at radius 3 is 2.74 bits per heavy atom. The SMILES string of the molecule is CCC(CO)n1c(CO)nc2cc([N+](=O)[O-])ccc21. The number of rotatable bonds is 5. The predicted octanol–water partition coefficient (Wildman–Crippen LogP) is 1.38. The lowest BCUT2D eigenvalue weighted by Gasteiger charge is -2.17. The van der Waals surface area contributed by atoms with E-state index in [2.05, 4.69) is 4.98 Å². The monoisotopic (exact) mass is 265 g/mol. The number of aromatic nitrogens is 2. The highest BCUT2D eigenvalue weighted by atomic mass is 16.6. The second-order valence-corrected chi connectivity index (χ2v) is 4.23. The molecule has 7 heteroatoms. The number of nitro benzene ring substituents is 1. The third-order valence-corrected chi connectivity index (χ3v) is 3.15. The molecule has 0 fully saturated rings. The average molecular weight is 265 g/mol. The lowest BCUT2D eigenvalue weighted by molar-refractivity contribution is -0.384. The minimum atomic E-state index is -0.486. The van der Waals surface area contributed by atoms with E-state index in [1.54, 1.807) is 10.6 Å². The molecule has 2 aromatic rings. The van der Waals surface area contributed by atoms with Crippen LogP contribution in [0.3, 0.4) is 0 Å². The average Bonchev–Trinajstić information content (AvgIpc) is 2.78. The van der Waals surface area contributed by atoms with Crippen molar-refractivity contribution in [3.63, 3.8) is 0 Å². The molecule has 1 atom stereocenters. The molecule has 1 heterocycles. The number of hydrogen-bond acceptors (Lipinski definition) is 5. The summed E-state index contributed by atoms with van der Waals surface area (Å²) >= 11 is 0. The Hall–Kier alpha value is -1.99. The van der Waals surface area contributed by atoms with E-state index >= 15 is 0 Å². The van der Waals surface area contributed by atoms with E-state index in [0.29, 0.717) is 23.3 Å². The first-order valence-corrected chi connectivity index (χ1v) is 5.99. The molecule has 1 aromatic heterocycles. The predicted molar refractivity (Wildman–Crippen MR) is 68.7 cm³/mol. The molecule has 0 aliphatic rings. The van der Waals surface area contributed by atoms with Crippen molar-refractivity contribution in [2.45, 2.75) is 26.0 Å². The smallest absolute Gasteiger partial charge is 0.271 e. The van der Waals surface area contributed by atoms with Gasteiger partial charge in [0, 0.05) is 12.1 Å². The van der Waals surface area contributed by atoms with E-state index in [0.717, 1.165) is 0 Å². The highest BCUT2D eigenvalue weighted by molar-refractivity contribution is 5.79. The van der Waals surface area contributed by atoms with E-state index in [1.807, 2.05) is 6.92 Å². The Labute approximate surface area is 109 Å². The third-order valence-electron chi connectivity index (χ3n) is 3.15. The third kappa shape index (κ3) is 2.29. The summed E-state index contributed by atoms with van der Waals surface area (Å²) in [5, 5.41) is 29.5. The fraction of sp³-hybridized carbons (Fsp3) is 0.417. The number of nitro groups is 1. The maximum atomic E-state index is 10.7. The van der Waals surface area contributed by atoms with Crippen molar-refractivity contribution in [1.82, 2.24) is 9.55 Å². The van der Waals surface area contributed by atoms with Crippen molar-refractivity contribution in [3.8, 4) is 0 Å². The molecule has 0 bridgehead atoms. The Balaban J connectivity index is 2.65. The van der Waals surface area contributed by atoms with E-state index in [9.17, 15) is 20.3 Å². The lowest BCUT2D eigenvalue weighted by Crippen LogP contribution is -2.15. The quantitative estimate of drug-likeness (QED) is 0.628. The van der Waals surface area contributed by atoms with Gasteiger partial charge >= 0.3 is 0 Å². The minimum absolute atomic E-state index is 0.0429. The van der Waals surface area contributed by atoms with E-state index in [-0.39, 0.29) is 24.9 Å². The van der Waals surface area contributed by atoms with E-state index < -0.39 is 4.92 Å². The number of nitrogens with zero attached hydrogens (tertiary/aromatic N) is 3. The van der Waals surface area contributed by atoms with Crippen LogP contribution in [-0.2, 0) is 6.61 Å². The topological polar surface area (TPSA) is 101 Å². The Kier molecular flexibility index (Phi) is 3.77. The number of non-ortho nitro benzene ring substituents is 1. The number of imidazole rings is 1. The number of aliphatic hydroxyl groups excluding tert-OH is 2. The molecule has 2 rings (SSSR count). The number of fused-ring (bicyclic) bond motifs is 1. The molecule has 1 aromatic carbocycles. The fourth-order valence-electron chi connectivity index (χ4n) is 2.16. The largest absolute Gasteiger partial charge is 0.394 e. The zero-order valence-electron chi connectivity index (χ0n) is 10.5. The van der Waals surface area contributed by atoms with Crippen LogP contribution in [-0.4, -0.2) is 31.3 Å². The van der Waals surface area contributed by atoms with Crippen LogP contribution in [0.5, 0.6) is 0 Å². The first kappa shape index (κ1) is 13.4. The molecule has 2 N–H and O–H groups in total. The van der Waals surface area contributed by atoms with Crippen molar-refractivity contribution in [1.29, 1.82) is 0 Å². The van der Waals surface area contributed by atoms with Crippen LogP contribution in [0.2, 0.25) is 0 Å². The molecule has 19 heavy (non-hydrogen) atoms. The highest BCUT2D eigenvalue weighted by Crippen LogP contribution is 2.26. The molecule has 0 radical (unpaired) electrons. The van der Waals surface area contributed by atoms with Crippen LogP contribution in [0.4, 0.5) is 5.69 Å². The molecule has 0 aliphatic heterocycles. The summed E-state index contributed by atoms with van der Waals surface area (Å²) in [6.07, 6.45) is 0.673. The lowest BCUT2D eigenvalue weighted by atomic mass is 10.2. The van der Waals surface area contributed by atoms with E-state index in [1.165, 1.54) is 12.1 Å². The molecule has 1 unspecified atom stereocenters. The van der Waals surface area contributed by atoms with Gasteiger partial charge in [-0.15, -0.1) is 0 Å². The number of aliphatic hydroxyl groups is 2. The van der Waals surface area contributed by atoms with Gasteiger partial charge in [0.25, 0.3) is 5.69 Å². The zero-order chi connectivity index (χ0) is 14.0. The summed E-state index contributed by atoms with van der Waals surface area (Å²) in [6.45, 7) is 1.56. The van der Waals surface area contributed by atoms with E-state index in [4.69, 9.17) is 0 Å². The van der Waals surface area contributed by atoms with Gasteiger partial charge in [-0.3, -0.25) is 10.1 Å². The molecule has 0 saturated heterocycles. The maximum Gasteiger partial charge on any atom is 0.271 e. The van der Waals surface area contributed by atoms with Crippen LogP contribution in [0.15, 0.2) is 18.2 Å². The molecule has 0 saturated carbocycles. The second-order valence-electron chi connectivity index (χ2n) is 4.23. The van der Waals surface area contributed by atoms with Crippen molar-refractivity contribution >= 4 is 16.7 Å². The van der Waals surface area contributed by atoms with Gasteiger partial charge in [-0.1, -0.05) is 6.92 Å². The second kappa shape index (κ2) is 5.33. The zero-order valence-corrected chi connectivity index (χ0v) is 10.5. The van der Waals surface area contributed by atoms with Crippen molar-refractivity contribution in [2.75, 3.05) is 6.61 Å². The molecule has 102 valence electrons. The Morgan fingerprint density at radius 2 is 2.21 bits per heavy atom. The summed E-state index contributed by atoms with van der Waals surface area (Å²) in [6, 6.07) is 4.16. The highest BCUT2D eigenvalue weighted by Gasteiger charge is 2.18. The van der Waals surface area contributed by atoms with Crippen molar-refractivity contribution < 1.29 is 15.1 Å². The standard InChI is InChI=1S/C12H15N3O4/c1-2-8(6-16)14-11-4-3-9(15(18)19)5-10(11)13-12(14)7-17/h3-5,8,16-17H,2,6-7H2,1H3. The number of hydrogen-bond donors (Lipinski definition) is 2. The van der Waals surface area contributed by atoms with Gasteiger partial charge in [-0.25, -0.2) is 4.98 Å². The van der Waals surface area contributed by atoms with Gasteiger partial charge < -0.3 is 14.8 Å². The Morgan fingerprint density at radius 1 is 1.47 bits per heavy atom. The normalized spacial score (nSPS) is 12.8. The molecular weight excluding hydrogens is 250 g/mol. The van der Waals surface area contributed by atoms with Crippen molar-refractivity contribution in [3.05, 3.63) is 34.1 Å². The summed E-state index contributed by atoms with van der Waals surface area (Å²) in [5.74, 6) is 0.399. The first-order valence-electron chi connectivity index (χ1n) is 5.99. The molecule has 0 amide bonds. The van der Waals surface area contributed by atoms with Gasteiger partial charge in [0.05, 0.1) is 28.6 Å². The van der Waals surface area contributed by atoms with Gasteiger partial charge in [-0.2, -0.15) is 0 Å². The molecule has 0 spiro atoms. The van der Waals surface area contributed by atoms with Crippen LogP contribution in [0.25, 0.3) is 11.0 Å². The van der Waals surface area contributed by atoms with Crippen LogP contribution < -0.4 is 0 Å². The summed E-state index contributed by atoms with van der Waals surface area (Å²) in [7, 11) is 0. The fourth-order valence-corrected chi connectivity index (χ4v) is 2.16. The van der Waals surface area contributed by atoms with Crippen LogP contribution in [0.1, 0.15) is 25.2 Å². The van der Waals surface area contributed by atoms with Gasteiger partial charge in [-0.05, 0) is 12.5 Å². The van der Waals surface area contributed by atoms with Crippen molar-refractivity contribution in [2.24, 2.45) is 0 Å². The molecule has 0 aliphatic carbocycles. The summed E-state index contributed by atoms with van der Waals surface area (Å²) in [4.78, 5) is 14.4. The maximum absolute atomic E-state index is 10.7. The summed E-state index contributed by atoms with van der Waals surface area (Å²) in [5.41, 5.74) is 1.08. The summed E-state index contributed by atoms with van der Waals surface area (Å²) < 4.78 is 1.74. The Bertz CT molecular complexity index is 604. The van der Waals surface area contributed by atoms with Gasteiger partial charge in [0.1, 0.15) is 12.4 Å². The minimum Gasteiger partial charge on any atom is -0.394 e.